The SMILES string of the molecule is CC(Cc1ccc(Br)cc1)Nc1ccc(CCO)cc1. The topological polar surface area (TPSA) is 32.3 Å². The summed E-state index contributed by atoms with van der Waals surface area (Å²) < 4.78 is 1.11. The molecule has 0 fully saturated rings. The van der Waals surface area contributed by atoms with Crippen molar-refractivity contribution in [2.24, 2.45) is 0 Å². The Morgan fingerprint density at radius 1 is 1.00 bits per heavy atom. The summed E-state index contributed by atoms with van der Waals surface area (Å²) in [6.07, 6.45) is 1.71. The van der Waals surface area contributed by atoms with E-state index in [9.17, 15) is 0 Å². The molecule has 0 amide bonds. The van der Waals surface area contributed by atoms with Gasteiger partial charge < -0.3 is 10.4 Å². The number of halogens is 1. The summed E-state index contributed by atoms with van der Waals surface area (Å²) in [7, 11) is 0. The molecule has 2 N–H and O–H groups in total. The van der Waals surface area contributed by atoms with Crippen molar-refractivity contribution >= 4 is 21.6 Å². The van der Waals surface area contributed by atoms with Gasteiger partial charge >= 0.3 is 0 Å². The van der Waals surface area contributed by atoms with Crippen LogP contribution in [-0.4, -0.2) is 17.8 Å². The zero-order chi connectivity index (χ0) is 14.4. The Morgan fingerprint density at radius 3 is 2.20 bits per heavy atom. The molecule has 2 rings (SSSR count). The van der Waals surface area contributed by atoms with Gasteiger partial charge in [-0.15, -0.1) is 0 Å². The van der Waals surface area contributed by atoms with E-state index in [2.05, 4.69) is 76.7 Å². The van der Waals surface area contributed by atoms with E-state index in [1.54, 1.807) is 0 Å². The Morgan fingerprint density at radius 2 is 1.60 bits per heavy atom. The van der Waals surface area contributed by atoms with Crippen LogP contribution in [0, 0.1) is 0 Å². The fraction of sp³-hybridized carbons (Fsp3) is 0.294. The zero-order valence-electron chi connectivity index (χ0n) is 11.6. The maximum atomic E-state index is 8.90. The lowest BCUT2D eigenvalue weighted by Gasteiger charge is -2.15. The molecule has 0 heterocycles. The van der Waals surface area contributed by atoms with Crippen molar-refractivity contribution < 1.29 is 5.11 Å². The monoisotopic (exact) mass is 333 g/mol. The van der Waals surface area contributed by atoms with Gasteiger partial charge in [0.25, 0.3) is 0 Å². The predicted octanol–water partition coefficient (Wildman–Crippen LogP) is 4.03. The number of aliphatic hydroxyl groups is 1. The highest BCUT2D eigenvalue weighted by atomic mass is 79.9. The third kappa shape index (κ3) is 4.66. The summed E-state index contributed by atoms with van der Waals surface area (Å²) in [4.78, 5) is 0. The average molecular weight is 334 g/mol. The number of hydrogen-bond donors (Lipinski definition) is 2. The van der Waals surface area contributed by atoms with Gasteiger partial charge in [-0.2, -0.15) is 0 Å². The molecule has 1 atom stereocenters. The minimum Gasteiger partial charge on any atom is -0.396 e. The summed E-state index contributed by atoms with van der Waals surface area (Å²) in [6, 6.07) is 17.1. The summed E-state index contributed by atoms with van der Waals surface area (Å²) in [5.41, 5.74) is 3.61. The third-order valence-electron chi connectivity index (χ3n) is 3.22. The van der Waals surface area contributed by atoms with Gasteiger partial charge in [0.1, 0.15) is 0 Å². The summed E-state index contributed by atoms with van der Waals surface area (Å²) in [5.74, 6) is 0. The molecule has 0 aliphatic rings. The van der Waals surface area contributed by atoms with E-state index in [0.29, 0.717) is 12.5 Å². The van der Waals surface area contributed by atoms with Crippen LogP contribution in [0.4, 0.5) is 5.69 Å². The van der Waals surface area contributed by atoms with Gasteiger partial charge in [-0.3, -0.25) is 0 Å². The van der Waals surface area contributed by atoms with Crippen LogP contribution in [0.25, 0.3) is 0 Å². The number of anilines is 1. The predicted molar refractivity (Wildman–Crippen MR) is 88.2 cm³/mol. The van der Waals surface area contributed by atoms with Crippen LogP contribution in [0.2, 0.25) is 0 Å². The van der Waals surface area contributed by atoms with Gasteiger partial charge in [0.05, 0.1) is 0 Å². The van der Waals surface area contributed by atoms with Crippen molar-refractivity contribution in [3.05, 3.63) is 64.1 Å². The van der Waals surface area contributed by atoms with Crippen LogP contribution in [0.5, 0.6) is 0 Å². The molecule has 20 heavy (non-hydrogen) atoms. The lowest BCUT2D eigenvalue weighted by atomic mass is 10.1. The van der Waals surface area contributed by atoms with Crippen LogP contribution in [0.3, 0.4) is 0 Å². The molecule has 2 aromatic rings. The summed E-state index contributed by atoms with van der Waals surface area (Å²) in [5, 5.41) is 12.4. The Balaban J connectivity index is 1.90. The molecule has 3 heteroatoms. The Kier molecular flexibility index (Phi) is 5.62. The highest BCUT2D eigenvalue weighted by Crippen LogP contribution is 2.15. The second kappa shape index (κ2) is 7.46. The van der Waals surface area contributed by atoms with Crippen LogP contribution < -0.4 is 5.32 Å². The summed E-state index contributed by atoms with van der Waals surface area (Å²) >= 11 is 3.45. The number of nitrogens with one attached hydrogen (secondary N) is 1. The molecule has 0 aliphatic carbocycles. The van der Waals surface area contributed by atoms with Crippen LogP contribution in [0.15, 0.2) is 53.0 Å². The second-order valence-electron chi connectivity index (χ2n) is 5.05. The van der Waals surface area contributed by atoms with E-state index in [-0.39, 0.29) is 6.61 Å². The van der Waals surface area contributed by atoms with Gasteiger partial charge in [0.15, 0.2) is 0 Å². The van der Waals surface area contributed by atoms with Crippen molar-refractivity contribution in [2.45, 2.75) is 25.8 Å². The van der Waals surface area contributed by atoms with E-state index >= 15 is 0 Å². The summed E-state index contributed by atoms with van der Waals surface area (Å²) in [6.45, 7) is 2.39. The van der Waals surface area contributed by atoms with E-state index in [1.807, 2.05) is 0 Å². The molecule has 2 nitrogen and oxygen atoms in total. The van der Waals surface area contributed by atoms with E-state index in [4.69, 9.17) is 5.11 Å². The molecule has 106 valence electrons. The minimum absolute atomic E-state index is 0.201. The van der Waals surface area contributed by atoms with Crippen molar-refractivity contribution in [1.29, 1.82) is 0 Å². The third-order valence-corrected chi connectivity index (χ3v) is 3.75. The normalized spacial score (nSPS) is 12.2. The zero-order valence-corrected chi connectivity index (χ0v) is 13.2. The van der Waals surface area contributed by atoms with E-state index in [1.165, 1.54) is 11.1 Å². The maximum Gasteiger partial charge on any atom is 0.0471 e. The lowest BCUT2D eigenvalue weighted by molar-refractivity contribution is 0.299. The van der Waals surface area contributed by atoms with Gasteiger partial charge in [0.2, 0.25) is 0 Å². The first kappa shape index (κ1) is 15.1. The smallest absolute Gasteiger partial charge is 0.0471 e. The lowest BCUT2D eigenvalue weighted by Crippen LogP contribution is -2.17. The number of benzene rings is 2. The standard InChI is InChI=1S/C17H20BrNO/c1-13(12-15-2-6-16(18)7-3-15)19-17-8-4-14(5-9-17)10-11-20/h2-9,13,19-20H,10-12H2,1H3. The molecule has 0 saturated carbocycles. The van der Waals surface area contributed by atoms with Gasteiger partial charge in [0, 0.05) is 22.8 Å². The first-order valence-corrected chi connectivity index (χ1v) is 7.67. The van der Waals surface area contributed by atoms with E-state index in [0.717, 1.165) is 16.6 Å². The van der Waals surface area contributed by atoms with Crippen LogP contribution in [-0.2, 0) is 12.8 Å². The van der Waals surface area contributed by atoms with E-state index < -0.39 is 0 Å². The largest absolute Gasteiger partial charge is 0.396 e. The van der Waals surface area contributed by atoms with Crippen molar-refractivity contribution in [3.8, 4) is 0 Å². The van der Waals surface area contributed by atoms with Gasteiger partial charge in [-0.05, 0) is 55.2 Å². The van der Waals surface area contributed by atoms with Crippen molar-refractivity contribution in [3.63, 3.8) is 0 Å². The highest BCUT2D eigenvalue weighted by molar-refractivity contribution is 9.10. The minimum atomic E-state index is 0.201. The Labute approximate surface area is 129 Å². The number of hydrogen-bond acceptors (Lipinski definition) is 2. The molecular formula is C17H20BrNO. The molecular weight excluding hydrogens is 314 g/mol. The van der Waals surface area contributed by atoms with Crippen molar-refractivity contribution in [1.82, 2.24) is 0 Å². The van der Waals surface area contributed by atoms with Crippen LogP contribution >= 0.6 is 15.9 Å². The molecule has 2 aromatic carbocycles. The molecule has 0 radical (unpaired) electrons. The molecule has 1 unspecified atom stereocenters. The molecule has 0 spiro atoms. The maximum absolute atomic E-state index is 8.90. The first-order valence-electron chi connectivity index (χ1n) is 6.88. The molecule has 0 aromatic heterocycles. The van der Waals surface area contributed by atoms with Crippen LogP contribution in [0.1, 0.15) is 18.1 Å². The molecule has 0 saturated heterocycles. The molecule has 0 aliphatic heterocycles. The second-order valence-corrected chi connectivity index (χ2v) is 5.96. The quantitative estimate of drug-likeness (QED) is 0.836. The van der Waals surface area contributed by atoms with Gasteiger partial charge in [-0.1, -0.05) is 40.2 Å². The number of aliphatic hydroxyl groups excluding tert-OH is 1. The Hall–Kier alpha value is -1.32. The first-order chi connectivity index (χ1) is 9.67. The number of rotatable bonds is 6. The fourth-order valence-electron chi connectivity index (χ4n) is 2.21. The fourth-order valence-corrected chi connectivity index (χ4v) is 2.47. The highest BCUT2D eigenvalue weighted by Gasteiger charge is 2.04. The molecule has 0 bridgehead atoms. The van der Waals surface area contributed by atoms with Crippen molar-refractivity contribution in [2.75, 3.05) is 11.9 Å². The van der Waals surface area contributed by atoms with Gasteiger partial charge in [-0.25, -0.2) is 0 Å². The Bertz CT molecular complexity index is 522. The average Bonchev–Trinajstić information content (AvgIpc) is 2.44.